The van der Waals surface area contributed by atoms with Crippen molar-refractivity contribution in [2.45, 2.75) is 38.1 Å². The van der Waals surface area contributed by atoms with Crippen LogP contribution in [0.5, 0.6) is 0 Å². The van der Waals surface area contributed by atoms with Crippen LogP contribution in [-0.2, 0) is 16.3 Å². The molecule has 0 fully saturated rings. The van der Waals surface area contributed by atoms with Gasteiger partial charge in [-0.1, -0.05) is 30.7 Å². The third-order valence-electron chi connectivity index (χ3n) is 4.27. The van der Waals surface area contributed by atoms with Crippen LogP contribution in [0.2, 0.25) is 0 Å². The lowest BCUT2D eigenvalue weighted by Gasteiger charge is -2.24. The predicted molar refractivity (Wildman–Crippen MR) is 92.2 cm³/mol. The van der Waals surface area contributed by atoms with Gasteiger partial charge in [0.15, 0.2) is 0 Å². The Kier molecular flexibility index (Phi) is 6.04. The molecule has 6 heteroatoms. The van der Waals surface area contributed by atoms with Crippen molar-refractivity contribution in [1.82, 2.24) is 10.2 Å². The van der Waals surface area contributed by atoms with Crippen molar-refractivity contribution in [3.8, 4) is 0 Å². The number of urea groups is 1. The van der Waals surface area contributed by atoms with E-state index < -0.39 is 9.84 Å². The van der Waals surface area contributed by atoms with Gasteiger partial charge in [0.25, 0.3) is 0 Å². The Morgan fingerprint density at radius 1 is 1.30 bits per heavy atom. The van der Waals surface area contributed by atoms with Crippen molar-refractivity contribution in [2.24, 2.45) is 0 Å². The number of aryl methyl sites for hydroxylation is 1. The number of carbonyl (C=O) groups excluding carboxylic acids is 1. The summed E-state index contributed by atoms with van der Waals surface area (Å²) in [6.07, 6.45) is 5.93. The first-order valence-electron chi connectivity index (χ1n) is 8.14. The van der Waals surface area contributed by atoms with E-state index in [4.69, 9.17) is 0 Å². The molecule has 1 aliphatic rings. The molecule has 1 N–H and O–H groups in total. The number of hydrogen-bond donors (Lipinski definition) is 1. The fourth-order valence-electron chi connectivity index (χ4n) is 3.00. The van der Waals surface area contributed by atoms with Crippen molar-refractivity contribution in [1.29, 1.82) is 0 Å². The summed E-state index contributed by atoms with van der Waals surface area (Å²) in [6.45, 7) is 0.438. The highest BCUT2D eigenvalue weighted by Gasteiger charge is 2.21. The van der Waals surface area contributed by atoms with Crippen LogP contribution in [0, 0.1) is 0 Å². The lowest BCUT2D eigenvalue weighted by atomic mass is 9.99. The van der Waals surface area contributed by atoms with Crippen molar-refractivity contribution in [3.05, 3.63) is 35.4 Å². The summed E-state index contributed by atoms with van der Waals surface area (Å²) in [5.41, 5.74) is 2.53. The van der Waals surface area contributed by atoms with Crippen LogP contribution in [0.25, 0.3) is 0 Å². The van der Waals surface area contributed by atoms with Gasteiger partial charge >= 0.3 is 6.03 Å². The molecule has 0 spiro atoms. The molecule has 0 heterocycles. The molecule has 2 amide bonds. The molecule has 2 rings (SSSR count). The average molecular weight is 338 g/mol. The molecule has 0 radical (unpaired) electrons. The van der Waals surface area contributed by atoms with Crippen molar-refractivity contribution in [2.75, 3.05) is 25.6 Å². The normalized spacial score (nSPS) is 17.9. The summed E-state index contributed by atoms with van der Waals surface area (Å²) in [7, 11) is -1.27. The second-order valence-electron chi connectivity index (χ2n) is 6.35. The number of hydrogen-bond acceptors (Lipinski definition) is 3. The Labute approximate surface area is 139 Å². The molecule has 5 nitrogen and oxygen atoms in total. The molecule has 1 aromatic rings. The van der Waals surface area contributed by atoms with Crippen LogP contribution in [0.15, 0.2) is 24.3 Å². The average Bonchev–Trinajstić information content (AvgIpc) is 2.68. The summed E-state index contributed by atoms with van der Waals surface area (Å²) in [4.78, 5) is 13.9. The second kappa shape index (κ2) is 7.81. The van der Waals surface area contributed by atoms with Crippen LogP contribution in [0.3, 0.4) is 0 Å². The summed E-state index contributed by atoms with van der Waals surface area (Å²) < 4.78 is 22.3. The number of benzene rings is 1. The summed E-state index contributed by atoms with van der Waals surface area (Å²) in [5.74, 6) is 0.108. The molecule has 1 aromatic carbocycles. The van der Waals surface area contributed by atoms with Crippen LogP contribution >= 0.6 is 0 Å². The van der Waals surface area contributed by atoms with Gasteiger partial charge in [0, 0.05) is 19.8 Å². The largest absolute Gasteiger partial charge is 0.331 e. The topological polar surface area (TPSA) is 66.5 Å². The number of sulfone groups is 1. The molecular formula is C17H26N2O3S. The minimum Gasteiger partial charge on any atom is -0.331 e. The SMILES string of the molecule is CN(CCCS(C)(=O)=O)C(=O)N[C@H]1CCCCc2ccccc21. The molecule has 0 aliphatic heterocycles. The highest BCUT2D eigenvalue weighted by atomic mass is 32.2. The van der Waals surface area contributed by atoms with E-state index in [1.165, 1.54) is 17.4 Å². The van der Waals surface area contributed by atoms with Crippen LogP contribution in [-0.4, -0.2) is 44.9 Å². The number of nitrogens with zero attached hydrogens (tertiary/aromatic N) is 1. The molecule has 23 heavy (non-hydrogen) atoms. The van der Waals surface area contributed by atoms with Gasteiger partial charge in [0.1, 0.15) is 9.84 Å². The van der Waals surface area contributed by atoms with E-state index in [-0.39, 0.29) is 17.8 Å². The van der Waals surface area contributed by atoms with E-state index in [1.807, 2.05) is 12.1 Å². The van der Waals surface area contributed by atoms with Gasteiger partial charge in [0.05, 0.1) is 11.8 Å². The summed E-state index contributed by atoms with van der Waals surface area (Å²) >= 11 is 0. The fraction of sp³-hybridized carbons (Fsp3) is 0.588. The van der Waals surface area contributed by atoms with Crippen LogP contribution in [0.4, 0.5) is 4.79 Å². The van der Waals surface area contributed by atoms with Crippen molar-refractivity contribution in [3.63, 3.8) is 0 Å². The Hall–Kier alpha value is -1.56. The highest BCUT2D eigenvalue weighted by Crippen LogP contribution is 2.28. The maximum absolute atomic E-state index is 12.4. The first kappa shape index (κ1) is 17.8. The molecule has 0 aromatic heterocycles. The third-order valence-corrected chi connectivity index (χ3v) is 5.30. The fourth-order valence-corrected chi connectivity index (χ4v) is 3.65. The van der Waals surface area contributed by atoms with Gasteiger partial charge in [0.2, 0.25) is 0 Å². The Balaban J connectivity index is 1.94. The second-order valence-corrected chi connectivity index (χ2v) is 8.61. The zero-order valence-electron chi connectivity index (χ0n) is 13.9. The monoisotopic (exact) mass is 338 g/mol. The van der Waals surface area contributed by atoms with Gasteiger partial charge in [-0.05, 0) is 36.8 Å². The molecule has 0 saturated carbocycles. The molecule has 0 bridgehead atoms. The van der Waals surface area contributed by atoms with E-state index >= 15 is 0 Å². The standard InChI is InChI=1S/C17H26N2O3S/c1-19(12-7-13-23(2,21)22)17(20)18-16-11-6-4-9-14-8-3-5-10-15(14)16/h3,5,8,10,16H,4,6-7,9,11-13H2,1-2H3,(H,18,20)/t16-/m0/s1. The smallest absolute Gasteiger partial charge is 0.317 e. The highest BCUT2D eigenvalue weighted by molar-refractivity contribution is 7.90. The number of amides is 2. The Morgan fingerprint density at radius 3 is 2.78 bits per heavy atom. The van der Waals surface area contributed by atoms with Gasteiger partial charge in [-0.15, -0.1) is 0 Å². The third kappa shape index (κ3) is 5.53. The van der Waals surface area contributed by atoms with E-state index in [0.29, 0.717) is 13.0 Å². The Morgan fingerprint density at radius 2 is 2.04 bits per heavy atom. The van der Waals surface area contributed by atoms with Gasteiger partial charge in [-0.25, -0.2) is 13.2 Å². The number of nitrogens with one attached hydrogen (secondary N) is 1. The molecule has 1 aliphatic carbocycles. The van der Waals surface area contributed by atoms with E-state index in [2.05, 4.69) is 17.4 Å². The zero-order valence-corrected chi connectivity index (χ0v) is 14.7. The van der Waals surface area contributed by atoms with Gasteiger partial charge < -0.3 is 10.2 Å². The molecule has 0 unspecified atom stereocenters. The number of rotatable bonds is 5. The quantitative estimate of drug-likeness (QED) is 0.839. The number of carbonyl (C=O) groups is 1. The lowest BCUT2D eigenvalue weighted by Crippen LogP contribution is -2.40. The first-order chi connectivity index (χ1) is 10.9. The molecular weight excluding hydrogens is 312 g/mol. The predicted octanol–water partition coefficient (Wildman–Crippen LogP) is 2.53. The summed E-state index contributed by atoms with van der Waals surface area (Å²) in [6, 6.07) is 8.18. The Bertz CT molecular complexity index is 643. The van der Waals surface area contributed by atoms with Gasteiger partial charge in [-0.3, -0.25) is 0 Å². The minimum atomic E-state index is -2.98. The maximum atomic E-state index is 12.4. The van der Waals surface area contributed by atoms with Crippen LogP contribution in [0.1, 0.15) is 42.9 Å². The van der Waals surface area contributed by atoms with Crippen molar-refractivity contribution >= 4 is 15.9 Å². The van der Waals surface area contributed by atoms with E-state index in [1.54, 1.807) is 11.9 Å². The number of fused-ring (bicyclic) bond motifs is 1. The zero-order chi connectivity index (χ0) is 16.9. The van der Waals surface area contributed by atoms with Crippen molar-refractivity contribution < 1.29 is 13.2 Å². The first-order valence-corrected chi connectivity index (χ1v) is 10.2. The van der Waals surface area contributed by atoms with Gasteiger partial charge in [-0.2, -0.15) is 0 Å². The maximum Gasteiger partial charge on any atom is 0.317 e. The summed E-state index contributed by atoms with van der Waals surface area (Å²) in [5, 5.41) is 3.10. The molecule has 0 saturated heterocycles. The minimum absolute atomic E-state index is 0.0403. The molecule has 1 atom stereocenters. The van der Waals surface area contributed by atoms with E-state index in [9.17, 15) is 13.2 Å². The van der Waals surface area contributed by atoms with E-state index in [0.717, 1.165) is 25.7 Å². The molecule has 128 valence electrons. The lowest BCUT2D eigenvalue weighted by molar-refractivity contribution is 0.204. The van der Waals surface area contributed by atoms with Crippen LogP contribution < -0.4 is 5.32 Å².